The Labute approximate surface area is 172 Å². The summed E-state index contributed by atoms with van der Waals surface area (Å²) >= 11 is 0. The van der Waals surface area contributed by atoms with Crippen LogP contribution in [0.2, 0.25) is 0 Å². The number of rotatable bonds is 9. The fourth-order valence-electron chi connectivity index (χ4n) is 2.88. The number of aliphatic hydroxyl groups excluding tert-OH is 1. The van der Waals surface area contributed by atoms with Gasteiger partial charge >= 0.3 is 0 Å². The number of aliphatic hydroxyl groups is 1. The fraction of sp³-hybridized carbons (Fsp3) is 0.611. The molecule has 0 saturated heterocycles. The SMILES string of the molecule is CCNC(=NCc1nnc2ccccn12)NCC(CCO)CC(C)C.I. The minimum Gasteiger partial charge on any atom is -0.396 e. The van der Waals surface area contributed by atoms with E-state index in [-0.39, 0.29) is 30.6 Å². The average Bonchev–Trinajstić information content (AvgIpc) is 3.00. The van der Waals surface area contributed by atoms with Crippen molar-refractivity contribution in [3.05, 3.63) is 30.2 Å². The van der Waals surface area contributed by atoms with Gasteiger partial charge in [-0.15, -0.1) is 34.2 Å². The summed E-state index contributed by atoms with van der Waals surface area (Å²) < 4.78 is 1.94. The molecule has 7 nitrogen and oxygen atoms in total. The number of aromatic nitrogens is 3. The van der Waals surface area contributed by atoms with Gasteiger partial charge in [0.25, 0.3) is 0 Å². The minimum atomic E-state index is 0. The van der Waals surface area contributed by atoms with Crippen LogP contribution in [0.5, 0.6) is 0 Å². The van der Waals surface area contributed by atoms with Crippen LogP contribution >= 0.6 is 24.0 Å². The lowest BCUT2D eigenvalue weighted by molar-refractivity contribution is 0.243. The molecule has 146 valence electrons. The lowest BCUT2D eigenvalue weighted by Crippen LogP contribution is -2.40. The van der Waals surface area contributed by atoms with Gasteiger partial charge in [0, 0.05) is 25.9 Å². The van der Waals surface area contributed by atoms with Gasteiger partial charge in [-0.2, -0.15) is 0 Å². The van der Waals surface area contributed by atoms with Crippen LogP contribution in [0, 0.1) is 11.8 Å². The summed E-state index contributed by atoms with van der Waals surface area (Å²) in [7, 11) is 0. The molecule has 3 N–H and O–H groups in total. The lowest BCUT2D eigenvalue weighted by atomic mass is 9.94. The highest BCUT2D eigenvalue weighted by atomic mass is 127. The quantitative estimate of drug-likeness (QED) is 0.295. The molecule has 2 rings (SSSR count). The third-order valence-corrected chi connectivity index (χ3v) is 4.01. The zero-order chi connectivity index (χ0) is 18.1. The highest BCUT2D eigenvalue weighted by Gasteiger charge is 2.11. The molecule has 0 fully saturated rings. The number of aliphatic imine (C=N–C) groups is 1. The van der Waals surface area contributed by atoms with E-state index in [0.717, 1.165) is 43.4 Å². The minimum absolute atomic E-state index is 0. The van der Waals surface area contributed by atoms with E-state index in [1.165, 1.54) is 0 Å². The van der Waals surface area contributed by atoms with Gasteiger partial charge in [0.2, 0.25) is 0 Å². The number of guanidine groups is 1. The molecule has 0 aliphatic heterocycles. The molecular weight excluding hydrogens is 443 g/mol. The summed E-state index contributed by atoms with van der Waals surface area (Å²) in [5.74, 6) is 2.62. The van der Waals surface area contributed by atoms with Crippen LogP contribution in [0.3, 0.4) is 0 Å². The summed E-state index contributed by atoms with van der Waals surface area (Å²) in [6, 6.07) is 5.83. The van der Waals surface area contributed by atoms with E-state index >= 15 is 0 Å². The molecule has 0 aliphatic rings. The average molecular weight is 474 g/mol. The van der Waals surface area contributed by atoms with Crippen LogP contribution in [-0.2, 0) is 6.54 Å². The zero-order valence-corrected chi connectivity index (χ0v) is 18.2. The van der Waals surface area contributed by atoms with E-state index in [1.807, 2.05) is 35.7 Å². The molecule has 8 heteroatoms. The van der Waals surface area contributed by atoms with Crippen LogP contribution in [0.25, 0.3) is 5.65 Å². The second-order valence-corrected chi connectivity index (χ2v) is 6.63. The van der Waals surface area contributed by atoms with Crippen molar-refractivity contribution in [2.24, 2.45) is 16.8 Å². The van der Waals surface area contributed by atoms with Crippen LogP contribution in [0.4, 0.5) is 0 Å². The molecule has 1 unspecified atom stereocenters. The van der Waals surface area contributed by atoms with Crippen molar-refractivity contribution >= 4 is 35.6 Å². The van der Waals surface area contributed by atoms with Crippen molar-refractivity contribution in [1.82, 2.24) is 25.2 Å². The van der Waals surface area contributed by atoms with Crippen molar-refractivity contribution in [2.45, 2.75) is 40.2 Å². The number of halogens is 1. The van der Waals surface area contributed by atoms with Crippen LogP contribution in [-0.4, -0.2) is 45.4 Å². The first-order valence-electron chi connectivity index (χ1n) is 9.05. The summed E-state index contributed by atoms with van der Waals surface area (Å²) in [4.78, 5) is 4.63. The van der Waals surface area contributed by atoms with E-state index in [4.69, 9.17) is 0 Å². The van der Waals surface area contributed by atoms with E-state index in [2.05, 4.69) is 39.7 Å². The molecule has 0 aliphatic carbocycles. The first-order valence-corrected chi connectivity index (χ1v) is 9.05. The third-order valence-electron chi connectivity index (χ3n) is 4.01. The van der Waals surface area contributed by atoms with Crippen molar-refractivity contribution < 1.29 is 5.11 Å². The Kier molecular flexibility index (Phi) is 10.5. The standard InChI is InChI=1S/C18H30N6O.HI/c1-4-19-18(20-12-15(8-10-25)11-14(2)3)21-13-17-23-22-16-7-5-6-9-24(16)17;/h5-7,9,14-15,25H,4,8,10-13H2,1-3H3,(H2,19,20,21);1H. The molecule has 0 radical (unpaired) electrons. The van der Waals surface area contributed by atoms with Crippen molar-refractivity contribution in [1.29, 1.82) is 0 Å². The van der Waals surface area contributed by atoms with Gasteiger partial charge < -0.3 is 15.7 Å². The fourth-order valence-corrected chi connectivity index (χ4v) is 2.88. The summed E-state index contributed by atoms with van der Waals surface area (Å²) in [6.07, 6.45) is 3.83. The number of fused-ring (bicyclic) bond motifs is 1. The maximum Gasteiger partial charge on any atom is 0.191 e. The molecule has 0 aromatic carbocycles. The molecule has 2 aromatic heterocycles. The molecule has 1 atom stereocenters. The number of nitrogens with zero attached hydrogens (tertiary/aromatic N) is 4. The van der Waals surface area contributed by atoms with Crippen molar-refractivity contribution in [3.8, 4) is 0 Å². The zero-order valence-electron chi connectivity index (χ0n) is 15.9. The smallest absolute Gasteiger partial charge is 0.191 e. The Balaban J connectivity index is 0.00000338. The van der Waals surface area contributed by atoms with Crippen LogP contribution in [0.1, 0.15) is 39.4 Å². The van der Waals surface area contributed by atoms with Gasteiger partial charge in [-0.3, -0.25) is 4.40 Å². The predicted molar refractivity (Wildman–Crippen MR) is 116 cm³/mol. The molecule has 2 heterocycles. The lowest BCUT2D eigenvalue weighted by Gasteiger charge is -2.20. The normalized spacial score (nSPS) is 12.9. The van der Waals surface area contributed by atoms with Gasteiger partial charge in [-0.1, -0.05) is 19.9 Å². The Bertz CT molecular complexity index is 672. The number of hydrogen-bond donors (Lipinski definition) is 3. The molecule has 0 saturated carbocycles. The first kappa shape index (κ1) is 22.6. The molecule has 26 heavy (non-hydrogen) atoms. The number of hydrogen-bond acceptors (Lipinski definition) is 4. The molecule has 0 spiro atoms. The Morgan fingerprint density at radius 3 is 2.77 bits per heavy atom. The van der Waals surface area contributed by atoms with Crippen molar-refractivity contribution in [2.75, 3.05) is 19.7 Å². The predicted octanol–water partition coefficient (Wildman–Crippen LogP) is 2.45. The Hall–Kier alpha value is -1.42. The summed E-state index contributed by atoms with van der Waals surface area (Å²) in [5, 5.41) is 24.3. The van der Waals surface area contributed by atoms with E-state index in [9.17, 15) is 5.11 Å². The van der Waals surface area contributed by atoms with E-state index in [0.29, 0.717) is 18.4 Å². The van der Waals surface area contributed by atoms with Gasteiger partial charge in [-0.05, 0) is 43.7 Å². The van der Waals surface area contributed by atoms with E-state index in [1.54, 1.807) is 0 Å². The van der Waals surface area contributed by atoms with Gasteiger partial charge in [-0.25, -0.2) is 4.99 Å². The molecule has 0 amide bonds. The largest absolute Gasteiger partial charge is 0.396 e. The van der Waals surface area contributed by atoms with Crippen LogP contribution in [0.15, 0.2) is 29.4 Å². The van der Waals surface area contributed by atoms with E-state index < -0.39 is 0 Å². The number of nitrogens with one attached hydrogen (secondary N) is 2. The molecular formula is C18H31IN6O. The summed E-state index contributed by atoms with van der Waals surface area (Å²) in [5.41, 5.74) is 0.825. The Morgan fingerprint density at radius 2 is 2.08 bits per heavy atom. The second-order valence-electron chi connectivity index (χ2n) is 6.63. The van der Waals surface area contributed by atoms with Gasteiger partial charge in [0.05, 0.1) is 0 Å². The monoisotopic (exact) mass is 474 g/mol. The maximum atomic E-state index is 9.26. The maximum absolute atomic E-state index is 9.26. The highest BCUT2D eigenvalue weighted by molar-refractivity contribution is 14.0. The van der Waals surface area contributed by atoms with Crippen LogP contribution < -0.4 is 10.6 Å². The first-order chi connectivity index (χ1) is 12.1. The Morgan fingerprint density at radius 1 is 1.27 bits per heavy atom. The highest BCUT2D eigenvalue weighted by Crippen LogP contribution is 2.14. The number of pyridine rings is 1. The summed E-state index contributed by atoms with van der Waals surface area (Å²) in [6.45, 7) is 8.73. The molecule has 2 aromatic rings. The second kappa shape index (κ2) is 12.1. The van der Waals surface area contributed by atoms with Gasteiger partial charge in [0.1, 0.15) is 6.54 Å². The third kappa shape index (κ3) is 7.06. The molecule has 0 bridgehead atoms. The van der Waals surface area contributed by atoms with Crippen molar-refractivity contribution in [3.63, 3.8) is 0 Å². The van der Waals surface area contributed by atoms with Gasteiger partial charge in [0.15, 0.2) is 17.4 Å². The topological polar surface area (TPSA) is 86.8 Å².